The molecule has 0 saturated carbocycles. The van der Waals surface area contributed by atoms with E-state index in [4.69, 9.17) is 4.74 Å². The first-order chi connectivity index (χ1) is 8.62. The van der Waals surface area contributed by atoms with Crippen molar-refractivity contribution in [3.8, 4) is 5.75 Å². The van der Waals surface area contributed by atoms with Gasteiger partial charge in [-0.25, -0.2) is 8.42 Å². The molecule has 2 aromatic rings. The van der Waals surface area contributed by atoms with Crippen LogP contribution in [0.2, 0.25) is 0 Å². The Morgan fingerprint density at radius 2 is 1.83 bits per heavy atom. The maximum Gasteiger partial charge on any atom is 0.182 e. The Morgan fingerprint density at radius 3 is 2.39 bits per heavy atom. The van der Waals surface area contributed by atoms with Gasteiger partial charge in [-0.3, -0.25) is 0 Å². The van der Waals surface area contributed by atoms with Gasteiger partial charge in [0.25, 0.3) is 0 Å². The SMILES string of the molecule is COc1[c]cc(S(=O)(=O)Cc2ccccc2)cc1. The van der Waals surface area contributed by atoms with Crippen LogP contribution in [0.1, 0.15) is 5.56 Å². The van der Waals surface area contributed by atoms with Gasteiger partial charge in [0, 0.05) is 6.07 Å². The molecule has 0 fully saturated rings. The average molecular weight is 261 g/mol. The van der Waals surface area contributed by atoms with Crippen LogP contribution in [0.5, 0.6) is 5.75 Å². The fourth-order valence-corrected chi connectivity index (χ4v) is 2.91. The van der Waals surface area contributed by atoms with Gasteiger partial charge in [-0.15, -0.1) is 0 Å². The second-order valence-corrected chi connectivity index (χ2v) is 5.83. The Balaban J connectivity index is 2.25. The van der Waals surface area contributed by atoms with Crippen LogP contribution in [0.4, 0.5) is 0 Å². The molecule has 0 amide bonds. The maximum absolute atomic E-state index is 12.1. The monoisotopic (exact) mass is 261 g/mol. The lowest BCUT2D eigenvalue weighted by Crippen LogP contribution is -2.04. The first-order valence-corrected chi connectivity index (χ1v) is 7.09. The summed E-state index contributed by atoms with van der Waals surface area (Å²) in [6.45, 7) is 0. The zero-order valence-corrected chi connectivity index (χ0v) is 10.8. The Hall–Kier alpha value is -1.81. The van der Waals surface area contributed by atoms with Crippen molar-refractivity contribution in [3.05, 3.63) is 60.2 Å². The molecule has 0 aliphatic carbocycles. The van der Waals surface area contributed by atoms with Gasteiger partial charge in [0.2, 0.25) is 0 Å². The molecule has 4 heteroatoms. The van der Waals surface area contributed by atoms with Gasteiger partial charge < -0.3 is 4.74 Å². The summed E-state index contributed by atoms with van der Waals surface area (Å²) in [5.41, 5.74) is 0.772. The van der Waals surface area contributed by atoms with Crippen molar-refractivity contribution in [2.75, 3.05) is 7.11 Å². The Labute approximate surface area is 107 Å². The minimum Gasteiger partial charge on any atom is -0.496 e. The quantitative estimate of drug-likeness (QED) is 0.849. The van der Waals surface area contributed by atoms with E-state index in [1.54, 1.807) is 18.2 Å². The highest BCUT2D eigenvalue weighted by Gasteiger charge is 2.15. The highest BCUT2D eigenvalue weighted by molar-refractivity contribution is 7.90. The van der Waals surface area contributed by atoms with Gasteiger partial charge in [-0.1, -0.05) is 30.3 Å². The van der Waals surface area contributed by atoms with Gasteiger partial charge in [-0.2, -0.15) is 0 Å². The molecule has 0 aliphatic rings. The van der Waals surface area contributed by atoms with Crippen LogP contribution in [-0.4, -0.2) is 15.5 Å². The lowest BCUT2D eigenvalue weighted by molar-refractivity contribution is 0.413. The maximum atomic E-state index is 12.1. The molecule has 0 unspecified atom stereocenters. The number of benzene rings is 2. The molecule has 0 heterocycles. The highest BCUT2D eigenvalue weighted by atomic mass is 32.2. The van der Waals surface area contributed by atoms with Gasteiger partial charge in [0.1, 0.15) is 5.75 Å². The predicted octanol–water partition coefficient (Wildman–Crippen LogP) is 2.47. The standard InChI is InChI=1S/C14H13O3S/c1-17-13-7-9-14(10-8-13)18(15,16)11-12-5-3-2-4-6-12/h2-7,9-10H,11H2,1H3. The van der Waals surface area contributed by atoms with Crippen LogP contribution in [0.25, 0.3) is 0 Å². The number of ether oxygens (including phenoxy) is 1. The lowest BCUT2D eigenvalue weighted by Gasteiger charge is -2.05. The molecule has 93 valence electrons. The number of rotatable bonds is 4. The van der Waals surface area contributed by atoms with Crippen LogP contribution in [0.3, 0.4) is 0 Å². The second kappa shape index (κ2) is 5.23. The lowest BCUT2D eigenvalue weighted by atomic mass is 10.2. The van der Waals surface area contributed by atoms with Gasteiger partial charge >= 0.3 is 0 Å². The summed E-state index contributed by atoms with van der Waals surface area (Å²) in [5, 5.41) is 0. The molecule has 0 bridgehead atoms. The number of hydrogen-bond donors (Lipinski definition) is 0. The molecular weight excluding hydrogens is 248 g/mol. The van der Waals surface area contributed by atoms with Crippen LogP contribution < -0.4 is 4.74 Å². The normalized spacial score (nSPS) is 11.2. The summed E-state index contributed by atoms with van der Waals surface area (Å²) in [6.07, 6.45) is 0. The summed E-state index contributed by atoms with van der Waals surface area (Å²) >= 11 is 0. The molecule has 0 aliphatic heterocycles. The van der Waals surface area contributed by atoms with E-state index in [9.17, 15) is 8.42 Å². The fraction of sp³-hybridized carbons (Fsp3) is 0.143. The first kappa shape index (κ1) is 12.6. The number of hydrogen-bond acceptors (Lipinski definition) is 3. The van der Waals surface area contributed by atoms with Crippen LogP contribution in [-0.2, 0) is 15.6 Å². The Kier molecular flexibility index (Phi) is 3.67. The molecule has 1 radical (unpaired) electrons. The number of methoxy groups -OCH3 is 1. The van der Waals surface area contributed by atoms with E-state index in [0.717, 1.165) is 5.56 Å². The Morgan fingerprint density at radius 1 is 1.11 bits per heavy atom. The summed E-state index contributed by atoms with van der Waals surface area (Å²) in [5.74, 6) is 0.516. The predicted molar refractivity (Wildman–Crippen MR) is 69.2 cm³/mol. The molecular formula is C14H13O3S. The molecule has 2 aromatic carbocycles. The molecule has 3 nitrogen and oxygen atoms in total. The van der Waals surface area contributed by atoms with Crippen molar-refractivity contribution in [1.82, 2.24) is 0 Å². The zero-order valence-electron chi connectivity index (χ0n) is 9.96. The van der Waals surface area contributed by atoms with Crippen molar-refractivity contribution < 1.29 is 13.2 Å². The van der Waals surface area contributed by atoms with Crippen molar-refractivity contribution in [2.24, 2.45) is 0 Å². The Bertz CT molecular complexity index is 601. The summed E-state index contributed by atoms with van der Waals surface area (Å²) < 4.78 is 29.2. The van der Waals surface area contributed by atoms with E-state index in [2.05, 4.69) is 6.07 Å². The minimum absolute atomic E-state index is 0.00594. The first-order valence-electron chi connectivity index (χ1n) is 5.44. The molecule has 0 spiro atoms. The third kappa shape index (κ3) is 2.90. The largest absolute Gasteiger partial charge is 0.496 e. The van der Waals surface area contributed by atoms with Crippen molar-refractivity contribution in [1.29, 1.82) is 0 Å². The smallest absolute Gasteiger partial charge is 0.182 e. The average Bonchev–Trinajstić information content (AvgIpc) is 2.39. The van der Waals surface area contributed by atoms with Gasteiger partial charge in [-0.05, 0) is 23.8 Å². The van der Waals surface area contributed by atoms with Gasteiger partial charge in [0.15, 0.2) is 9.84 Å². The number of sulfone groups is 1. The van der Waals surface area contributed by atoms with E-state index in [1.165, 1.54) is 19.2 Å². The van der Waals surface area contributed by atoms with Crippen molar-refractivity contribution in [2.45, 2.75) is 10.6 Å². The topological polar surface area (TPSA) is 43.4 Å². The van der Waals surface area contributed by atoms with E-state index < -0.39 is 9.84 Å². The molecule has 18 heavy (non-hydrogen) atoms. The molecule has 0 saturated heterocycles. The highest BCUT2D eigenvalue weighted by Crippen LogP contribution is 2.19. The fourth-order valence-electron chi connectivity index (χ4n) is 1.59. The molecule has 0 atom stereocenters. The summed E-state index contributed by atoms with van der Waals surface area (Å²) in [4.78, 5) is 0.257. The van der Waals surface area contributed by atoms with E-state index >= 15 is 0 Å². The van der Waals surface area contributed by atoms with Crippen LogP contribution in [0, 0.1) is 6.07 Å². The van der Waals surface area contributed by atoms with Crippen molar-refractivity contribution in [3.63, 3.8) is 0 Å². The molecule has 2 rings (SSSR count). The second-order valence-electron chi connectivity index (χ2n) is 3.84. The van der Waals surface area contributed by atoms with Crippen LogP contribution >= 0.6 is 0 Å². The molecule has 0 aromatic heterocycles. The van der Waals surface area contributed by atoms with E-state index in [1.807, 2.05) is 18.2 Å². The van der Waals surface area contributed by atoms with E-state index in [0.29, 0.717) is 5.75 Å². The summed E-state index contributed by atoms with van der Waals surface area (Å²) in [6, 6.07) is 16.4. The zero-order chi connectivity index (χ0) is 13.0. The summed E-state index contributed by atoms with van der Waals surface area (Å²) in [7, 11) is -1.81. The molecule has 0 N–H and O–H groups in total. The van der Waals surface area contributed by atoms with Crippen LogP contribution in [0.15, 0.2) is 53.4 Å². The third-order valence-electron chi connectivity index (χ3n) is 2.53. The minimum atomic E-state index is -3.33. The van der Waals surface area contributed by atoms with E-state index in [-0.39, 0.29) is 10.6 Å². The third-order valence-corrected chi connectivity index (χ3v) is 4.22. The van der Waals surface area contributed by atoms with Gasteiger partial charge in [0.05, 0.1) is 17.8 Å². The van der Waals surface area contributed by atoms with Crippen molar-refractivity contribution >= 4 is 9.84 Å².